The molecule has 1 N–H and O–H groups in total. The Morgan fingerprint density at radius 1 is 1.18 bits per heavy atom. The highest BCUT2D eigenvalue weighted by atomic mass is 35.5. The molecule has 0 aliphatic heterocycles. The second-order valence-electron chi connectivity index (χ2n) is 4.48. The van der Waals surface area contributed by atoms with Crippen LogP contribution in [0.2, 0.25) is 10.0 Å². The van der Waals surface area contributed by atoms with E-state index < -0.39 is 0 Å². The van der Waals surface area contributed by atoms with Gasteiger partial charge in [0.2, 0.25) is 5.91 Å². The van der Waals surface area contributed by atoms with E-state index in [9.17, 15) is 4.79 Å². The molecule has 0 fully saturated rings. The molecule has 2 aromatic carbocycles. The fourth-order valence-corrected chi connectivity index (χ4v) is 2.74. The monoisotopic (exact) mass is 352 g/mol. The van der Waals surface area contributed by atoms with Crippen molar-refractivity contribution in [3.05, 3.63) is 63.6 Å². The van der Waals surface area contributed by atoms with Gasteiger partial charge in [-0.2, -0.15) is 5.10 Å². The predicted octanol–water partition coefficient (Wildman–Crippen LogP) is 4.41. The van der Waals surface area contributed by atoms with E-state index in [2.05, 4.69) is 10.5 Å². The van der Waals surface area contributed by atoms with Crippen LogP contribution in [0, 0.1) is 0 Å². The molecule has 0 saturated carbocycles. The standard InChI is InChI=1S/C16H14Cl2N2OS/c1-22-15-7-6-14(18)8-12(15)9-16(21)20-19-10-11-2-4-13(17)5-3-11/h2-8,10H,9H2,1H3,(H,20,21)/b19-10-. The summed E-state index contributed by atoms with van der Waals surface area (Å²) in [6.07, 6.45) is 3.76. The second-order valence-corrected chi connectivity index (χ2v) is 6.20. The lowest BCUT2D eigenvalue weighted by molar-refractivity contribution is -0.120. The molecule has 0 unspecified atom stereocenters. The average Bonchev–Trinajstić information content (AvgIpc) is 2.49. The Morgan fingerprint density at radius 3 is 2.55 bits per heavy atom. The highest BCUT2D eigenvalue weighted by Crippen LogP contribution is 2.24. The molecule has 0 heterocycles. The van der Waals surface area contributed by atoms with Crippen molar-refractivity contribution in [3.63, 3.8) is 0 Å². The summed E-state index contributed by atoms with van der Waals surface area (Å²) in [6.45, 7) is 0. The van der Waals surface area contributed by atoms with E-state index in [1.807, 2.05) is 30.5 Å². The summed E-state index contributed by atoms with van der Waals surface area (Å²) in [4.78, 5) is 13.0. The van der Waals surface area contributed by atoms with Crippen LogP contribution in [0.1, 0.15) is 11.1 Å². The van der Waals surface area contributed by atoms with Gasteiger partial charge in [0.1, 0.15) is 0 Å². The molecule has 0 saturated heterocycles. The van der Waals surface area contributed by atoms with E-state index in [4.69, 9.17) is 23.2 Å². The molecule has 6 heteroatoms. The normalized spacial score (nSPS) is 10.9. The molecule has 0 aromatic heterocycles. The zero-order valence-corrected chi connectivity index (χ0v) is 14.2. The number of thioether (sulfide) groups is 1. The number of halogens is 2. The lowest BCUT2D eigenvalue weighted by Crippen LogP contribution is -2.20. The number of hydrazone groups is 1. The summed E-state index contributed by atoms with van der Waals surface area (Å²) < 4.78 is 0. The number of nitrogens with one attached hydrogen (secondary N) is 1. The number of hydrogen-bond donors (Lipinski definition) is 1. The van der Waals surface area contributed by atoms with Gasteiger partial charge in [0.15, 0.2) is 0 Å². The number of amides is 1. The van der Waals surface area contributed by atoms with Crippen molar-refractivity contribution in [1.82, 2.24) is 5.43 Å². The molecular weight excluding hydrogens is 339 g/mol. The maximum atomic E-state index is 11.9. The molecule has 22 heavy (non-hydrogen) atoms. The third kappa shape index (κ3) is 5.05. The minimum Gasteiger partial charge on any atom is -0.273 e. The van der Waals surface area contributed by atoms with Gasteiger partial charge in [-0.25, -0.2) is 5.43 Å². The Kier molecular flexibility index (Phi) is 6.31. The molecule has 0 aliphatic rings. The molecule has 114 valence electrons. The van der Waals surface area contributed by atoms with Gasteiger partial charge in [0.05, 0.1) is 12.6 Å². The first-order chi connectivity index (χ1) is 10.6. The van der Waals surface area contributed by atoms with Gasteiger partial charge in [-0.1, -0.05) is 35.3 Å². The van der Waals surface area contributed by atoms with Crippen LogP contribution in [0.4, 0.5) is 0 Å². The van der Waals surface area contributed by atoms with Crippen LogP contribution >= 0.6 is 35.0 Å². The molecule has 0 atom stereocenters. The van der Waals surface area contributed by atoms with Crippen LogP contribution in [0.15, 0.2) is 52.5 Å². The Morgan fingerprint density at radius 2 is 1.86 bits per heavy atom. The van der Waals surface area contributed by atoms with Crippen molar-refractivity contribution in [1.29, 1.82) is 0 Å². The largest absolute Gasteiger partial charge is 0.273 e. The number of rotatable bonds is 5. The number of carbonyl (C=O) groups is 1. The van der Waals surface area contributed by atoms with Crippen LogP contribution in [-0.2, 0) is 11.2 Å². The predicted molar refractivity (Wildman–Crippen MR) is 94.1 cm³/mol. The van der Waals surface area contributed by atoms with E-state index in [1.54, 1.807) is 36.2 Å². The van der Waals surface area contributed by atoms with Gasteiger partial charge in [-0.3, -0.25) is 4.79 Å². The van der Waals surface area contributed by atoms with Gasteiger partial charge >= 0.3 is 0 Å². The van der Waals surface area contributed by atoms with Gasteiger partial charge in [0, 0.05) is 14.9 Å². The Labute approximate surface area is 143 Å². The number of hydrogen-bond acceptors (Lipinski definition) is 3. The average molecular weight is 353 g/mol. The van der Waals surface area contributed by atoms with E-state index in [-0.39, 0.29) is 12.3 Å². The second kappa shape index (κ2) is 8.22. The van der Waals surface area contributed by atoms with E-state index in [0.717, 1.165) is 16.0 Å². The van der Waals surface area contributed by atoms with E-state index >= 15 is 0 Å². The number of nitrogens with zero attached hydrogens (tertiary/aromatic N) is 1. The van der Waals surface area contributed by atoms with Crippen molar-refractivity contribution in [2.45, 2.75) is 11.3 Å². The summed E-state index contributed by atoms with van der Waals surface area (Å²) in [5, 5.41) is 5.21. The van der Waals surface area contributed by atoms with Crippen LogP contribution in [0.3, 0.4) is 0 Å². The first-order valence-corrected chi connectivity index (χ1v) is 8.46. The molecule has 0 bridgehead atoms. The van der Waals surface area contributed by atoms with E-state index in [0.29, 0.717) is 10.0 Å². The van der Waals surface area contributed by atoms with Gasteiger partial charge in [-0.15, -0.1) is 11.8 Å². The smallest absolute Gasteiger partial charge is 0.244 e. The van der Waals surface area contributed by atoms with Crippen molar-refractivity contribution in [2.75, 3.05) is 6.26 Å². The third-order valence-electron chi connectivity index (χ3n) is 2.87. The Hall–Kier alpha value is -1.49. The molecule has 1 amide bonds. The first kappa shape index (κ1) is 16.9. The van der Waals surface area contributed by atoms with Crippen LogP contribution < -0.4 is 5.43 Å². The molecule has 3 nitrogen and oxygen atoms in total. The molecule has 0 spiro atoms. The molecule has 2 rings (SSSR count). The minimum absolute atomic E-state index is 0.192. The lowest BCUT2D eigenvalue weighted by Gasteiger charge is -2.06. The van der Waals surface area contributed by atoms with Crippen molar-refractivity contribution in [2.24, 2.45) is 5.10 Å². The fourth-order valence-electron chi connectivity index (χ4n) is 1.83. The van der Waals surface area contributed by atoms with Gasteiger partial charge < -0.3 is 0 Å². The SMILES string of the molecule is CSc1ccc(Cl)cc1CC(=O)N/N=C\c1ccc(Cl)cc1. The fraction of sp³-hybridized carbons (Fsp3) is 0.125. The van der Waals surface area contributed by atoms with Gasteiger partial charge in [0.25, 0.3) is 0 Å². The summed E-state index contributed by atoms with van der Waals surface area (Å²) in [5.74, 6) is -0.192. The molecule has 0 aliphatic carbocycles. The maximum absolute atomic E-state index is 11.9. The lowest BCUT2D eigenvalue weighted by atomic mass is 10.1. The topological polar surface area (TPSA) is 41.5 Å². The van der Waals surface area contributed by atoms with Crippen LogP contribution in [-0.4, -0.2) is 18.4 Å². The summed E-state index contributed by atoms with van der Waals surface area (Å²) in [5.41, 5.74) is 4.26. The van der Waals surface area contributed by atoms with Crippen LogP contribution in [0.25, 0.3) is 0 Å². The summed E-state index contributed by atoms with van der Waals surface area (Å²) in [7, 11) is 0. The van der Waals surface area contributed by atoms with Crippen molar-refractivity contribution in [3.8, 4) is 0 Å². The Balaban J connectivity index is 1.96. The summed E-state index contributed by atoms with van der Waals surface area (Å²) >= 11 is 13.4. The zero-order valence-electron chi connectivity index (χ0n) is 11.8. The minimum atomic E-state index is -0.192. The number of benzene rings is 2. The third-order valence-corrected chi connectivity index (χ3v) is 4.19. The highest BCUT2D eigenvalue weighted by Gasteiger charge is 2.07. The number of carbonyl (C=O) groups excluding carboxylic acids is 1. The molecule has 2 aromatic rings. The molecular formula is C16H14Cl2N2OS. The summed E-state index contributed by atoms with van der Waals surface area (Å²) in [6, 6.07) is 12.7. The maximum Gasteiger partial charge on any atom is 0.244 e. The quantitative estimate of drug-likeness (QED) is 0.492. The zero-order chi connectivity index (χ0) is 15.9. The van der Waals surface area contributed by atoms with Crippen LogP contribution in [0.5, 0.6) is 0 Å². The Bertz CT molecular complexity index is 687. The van der Waals surface area contributed by atoms with Crippen molar-refractivity contribution < 1.29 is 4.79 Å². The first-order valence-electron chi connectivity index (χ1n) is 6.48. The molecule has 0 radical (unpaired) electrons. The van der Waals surface area contributed by atoms with E-state index in [1.165, 1.54) is 0 Å². The van der Waals surface area contributed by atoms with Gasteiger partial charge in [-0.05, 0) is 47.7 Å². The highest BCUT2D eigenvalue weighted by molar-refractivity contribution is 7.98. The van der Waals surface area contributed by atoms with Crippen molar-refractivity contribution >= 4 is 47.1 Å².